The van der Waals surface area contributed by atoms with Crippen LogP contribution < -0.4 is 4.74 Å². The number of aliphatic hydroxyl groups is 1. The van der Waals surface area contributed by atoms with Crippen LogP contribution in [0.25, 0.3) is 0 Å². The molecule has 0 aliphatic heterocycles. The average molecular weight is 211 g/mol. The number of nitrogens with zero attached hydrogens (tertiary/aromatic N) is 3. The number of hydrogen-bond acceptors (Lipinski definition) is 4. The normalized spacial score (nSPS) is 26.5. The van der Waals surface area contributed by atoms with E-state index in [1.807, 2.05) is 6.92 Å². The molecule has 0 atom stereocenters. The summed E-state index contributed by atoms with van der Waals surface area (Å²) in [5, 5.41) is 17.1. The van der Waals surface area contributed by atoms with Crippen molar-refractivity contribution in [3.63, 3.8) is 0 Å². The first-order valence-corrected chi connectivity index (χ1v) is 5.52. The number of rotatable bonds is 3. The highest BCUT2D eigenvalue weighted by Crippen LogP contribution is 2.23. The van der Waals surface area contributed by atoms with Crippen LogP contribution >= 0.6 is 0 Å². The van der Waals surface area contributed by atoms with Gasteiger partial charge in [0.25, 0.3) is 0 Å². The van der Waals surface area contributed by atoms with Crippen molar-refractivity contribution in [1.29, 1.82) is 0 Å². The molecule has 0 amide bonds. The Bertz CT molecular complexity index is 305. The zero-order valence-electron chi connectivity index (χ0n) is 8.96. The van der Waals surface area contributed by atoms with Crippen molar-refractivity contribution in [3.8, 4) is 5.88 Å². The number of ether oxygens (including phenoxy) is 1. The summed E-state index contributed by atoms with van der Waals surface area (Å²) in [4.78, 5) is 0. The Morgan fingerprint density at radius 3 is 2.87 bits per heavy atom. The summed E-state index contributed by atoms with van der Waals surface area (Å²) >= 11 is 0. The zero-order chi connectivity index (χ0) is 10.7. The lowest BCUT2D eigenvalue weighted by atomic mass is 9.95. The highest BCUT2D eigenvalue weighted by molar-refractivity contribution is 5.02. The van der Waals surface area contributed by atoms with E-state index in [-0.39, 0.29) is 12.2 Å². The van der Waals surface area contributed by atoms with E-state index in [1.54, 1.807) is 10.9 Å². The van der Waals surface area contributed by atoms with Crippen LogP contribution in [0.15, 0.2) is 6.20 Å². The minimum Gasteiger partial charge on any atom is -0.473 e. The lowest BCUT2D eigenvalue weighted by molar-refractivity contribution is 0.0617. The zero-order valence-corrected chi connectivity index (χ0v) is 8.96. The minimum absolute atomic E-state index is 0.140. The number of hydrogen-bond donors (Lipinski definition) is 1. The monoisotopic (exact) mass is 211 g/mol. The maximum absolute atomic E-state index is 9.37. The van der Waals surface area contributed by atoms with E-state index in [0.717, 1.165) is 38.1 Å². The molecule has 1 aromatic rings. The van der Waals surface area contributed by atoms with Crippen LogP contribution in [-0.2, 0) is 6.54 Å². The molecule has 0 aromatic carbocycles. The Morgan fingerprint density at radius 1 is 1.47 bits per heavy atom. The van der Waals surface area contributed by atoms with E-state index in [0.29, 0.717) is 0 Å². The lowest BCUT2D eigenvalue weighted by Crippen LogP contribution is -2.27. The summed E-state index contributed by atoms with van der Waals surface area (Å²) in [5.74, 6) is 0.735. The van der Waals surface area contributed by atoms with E-state index in [2.05, 4.69) is 10.3 Å². The van der Waals surface area contributed by atoms with Gasteiger partial charge in [-0.05, 0) is 32.6 Å². The Morgan fingerprint density at radius 2 is 2.20 bits per heavy atom. The van der Waals surface area contributed by atoms with Gasteiger partial charge in [-0.15, -0.1) is 5.10 Å². The molecule has 1 heterocycles. The first-order valence-electron chi connectivity index (χ1n) is 5.52. The van der Waals surface area contributed by atoms with E-state index in [1.165, 1.54) is 0 Å². The van der Waals surface area contributed by atoms with Gasteiger partial charge in [0.1, 0.15) is 12.3 Å². The van der Waals surface area contributed by atoms with Gasteiger partial charge in [-0.25, -0.2) is 4.68 Å². The first kappa shape index (κ1) is 10.4. The second-order valence-corrected chi connectivity index (χ2v) is 3.94. The van der Waals surface area contributed by atoms with Gasteiger partial charge in [0.05, 0.1) is 6.10 Å². The minimum atomic E-state index is -0.140. The van der Waals surface area contributed by atoms with Crippen LogP contribution in [0.3, 0.4) is 0 Å². The van der Waals surface area contributed by atoms with Crippen LogP contribution in [0, 0.1) is 0 Å². The van der Waals surface area contributed by atoms with Crippen molar-refractivity contribution in [3.05, 3.63) is 6.20 Å². The van der Waals surface area contributed by atoms with Crippen molar-refractivity contribution in [2.75, 3.05) is 0 Å². The van der Waals surface area contributed by atoms with Gasteiger partial charge in [-0.1, -0.05) is 5.21 Å². The van der Waals surface area contributed by atoms with Crippen molar-refractivity contribution in [2.45, 2.75) is 51.4 Å². The molecule has 0 bridgehead atoms. The van der Waals surface area contributed by atoms with E-state index in [9.17, 15) is 5.11 Å². The number of aliphatic hydroxyl groups excluding tert-OH is 1. The SMILES string of the molecule is CCn1nncc1OC1CCC(O)CC1. The average Bonchev–Trinajstić information content (AvgIpc) is 2.69. The van der Waals surface area contributed by atoms with Crippen LogP contribution in [-0.4, -0.2) is 32.3 Å². The van der Waals surface area contributed by atoms with E-state index < -0.39 is 0 Å². The van der Waals surface area contributed by atoms with Gasteiger partial charge in [-0.2, -0.15) is 0 Å². The molecule has 0 spiro atoms. The lowest BCUT2D eigenvalue weighted by Gasteiger charge is -2.25. The third-order valence-electron chi connectivity index (χ3n) is 2.81. The quantitative estimate of drug-likeness (QED) is 0.809. The van der Waals surface area contributed by atoms with Crippen LogP contribution in [0.2, 0.25) is 0 Å². The maximum Gasteiger partial charge on any atom is 0.232 e. The Kier molecular flexibility index (Phi) is 3.20. The molecule has 5 heteroatoms. The Labute approximate surface area is 89.0 Å². The molecule has 0 radical (unpaired) electrons. The van der Waals surface area contributed by atoms with Crippen LogP contribution in [0.5, 0.6) is 5.88 Å². The fraction of sp³-hybridized carbons (Fsp3) is 0.800. The molecular weight excluding hydrogens is 194 g/mol. The molecule has 1 aliphatic rings. The number of aryl methyl sites for hydroxylation is 1. The molecule has 1 aliphatic carbocycles. The first-order chi connectivity index (χ1) is 7.29. The topological polar surface area (TPSA) is 60.2 Å². The summed E-state index contributed by atoms with van der Waals surface area (Å²) in [5.41, 5.74) is 0. The van der Waals surface area contributed by atoms with Gasteiger partial charge in [0, 0.05) is 6.54 Å². The summed E-state index contributed by atoms with van der Waals surface area (Å²) in [6, 6.07) is 0. The maximum atomic E-state index is 9.37. The standard InChI is InChI=1S/C10H17N3O2/c1-2-13-10(7-11-12-13)15-9-5-3-8(14)4-6-9/h7-9,14H,2-6H2,1H3. The fourth-order valence-corrected chi connectivity index (χ4v) is 1.89. The van der Waals surface area contributed by atoms with Crippen molar-refractivity contribution >= 4 is 0 Å². The Hall–Kier alpha value is -1.10. The molecule has 1 fully saturated rings. The summed E-state index contributed by atoms with van der Waals surface area (Å²) in [6.45, 7) is 2.77. The third-order valence-corrected chi connectivity index (χ3v) is 2.81. The summed E-state index contributed by atoms with van der Waals surface area (Å²) in [7, 11) is 0. The van der Waals surface area contributed by atoms with Gasteiger partial charge in [-0.3, -0.25) is 0 Å². The molecule has 5 nitrogen and oxygen atoms in total. The van der Waals surface area contributed by atoms with E-state index in [4.69, 9.17) is 4.74 Å². The smallest absolute Gasteiger partial charge is 0.232 e. The molecule has 15 heavy (non-hydrogen) atoms. The second-order valence-electron chi connectivity index (χ2n) is 3.94. The summed E-state index contributed by atoms with van der Waals surface area (Å²) < 4.78 is 7.53. The molecule has 84 valence electrons. The van der Waals surface area contributed by atoms with Crippen molar-refractivity contribution in [1.82, 2.24) is 15.0 Å². The van der Waals surface area contributed by atoms with Crippen molar-refractivity contribution < 1.29 is 9.84 Å². The van der Waals surface area contributed by atoms with Gasteiger partial charge < -0.3 is 9.84 Å². The van der Waals surface area contributed by atoms with Crippen LogP contribution in [0.4, 0.5) is 0 Å². The molecule has 1 saturated carbocycles. The second kappa shape index (κ2) is 4.61. The molecule has 1 N–H and O–H groups in total. The highest BCUT2D eigenvalue weighted by Gasteiger charge is 2.21. The van der Waals surface area contributed by atoms with Gasteiger partial charge in [0.2, 0.25) is 5.88 Å². The van der Waals surface area contributed by atoms with Crippen LogP contribution in [0.1, 0.15) is 32.6 Å². The molecular formula is C10H17N3O2. The molecule has 2 rings (SSSR count). The van der Waals surface area contributed by atoms with Gasteiger partial charge in [0.15, 0.2) is 0 Å². The summed E-state index contributed by atoms with van der Waals surface area (Å²) in [6.07, 6.45) is 5.20. The number of aromatic nitrogens is 3. The largest absolute Gasteiger partial charge is 0.473 e. The highest BCUT2D eigenvalue weighted by atomic mass is 16.5. The fourth-order valence-electron chi connectivity index (χ4n) is 1.89. The van der Waals surface area contributed by atoms with Crippen molar-refractivity contribution in [2.24, 2.45) is 0 Å². The predicted octanol–water partition coefficient (Wildman–Crippen LogP) is 0.980. The third kappa shape index (κ3) is 2.47. The molecule has 1 aromatic heterocycles. The van der Waals surface area contributed by atoms with Gasteiger partial charge >= 0.3 is 0 Å². The molecule has 0 unspecified atom stereocenters. The predicted molar refractivity (Wildman–Crippen MR) is 54.6 cm³/mol. The van der Waals surface area contributed by atoms with E-state index >= 15 is 0 Å². The Balaban J connectivity index is 1.91. The molecule has 0 saturated heterocycles.